The molecule has 5 heteroatoms. The molecule has 2 unspecified atom stereocenters. The van der Waals surface area contributed by atoms with Gasteiger partial charge in [-0.05, 0) is 47.0 Å². The maximum Gasteiger partial charge on any atom is 0.251 e. The van der Waals surface area contributed by atoms with Crippen molar-refractivity contribution in [1.82, 2.24) is 5.32 Å². The highest BCUT2D eigenvalue weighted by Crippen LogP contribution is 2.24. The van der Waals surface area contributed by atoms with Crippen molar-refractivity contribution in [3.8, 4) is 5.75 Å². The minimum Gasteiger partial charge on any atom is -0.507 e. The molecule has 0 radical (unpaired) electrons. The van der Waals surface area contributed by atoms with Gasteiger partial charge in [0.2, 0.25) is 0 Å². The quantitative estimate of drug-likeness (QED) is 0.805. The number of aromatic hydroxyl groups is 1. The summed E-state index contributed by atoms with van der Waals surface area (Å²) in [4.78, 5) is 11.9. The number of hydrogen-bond acceptors (Lipinski definition) is 2. The van der Waals surface area contributed by atoms with Gasteiger partial charge >= 0.3 is 0 Å². The number of halogens is 2. The van der Waals surface area contributed by atoms with Gasteiger partial charge in [-0.15, -0.1) is 0 Å². The Bertz CT molecular complexity index is 409. The highest BCUT2D eigenvalue weighted by molar-refractivity contribution is 9.10. The van der Waals surface area contributed by atoms with E-state index in [9.17, 15) is 9.90 Å². The van der Waals surface area contributed by atoms with Crippen LogP contribution in [-0.4, -0.2) is 22.4 Å². The molecule has 0 saturated heterocycles. The second-order valence-corrected chi connectivity index (χ2v) is 5.56. The summed E-state index contributed by atoms with van der Waals surface area (Å²) < 4.78 is 0.580. The zero-order valence-corrected chi connectivity index (χ0v) is 12.9. The van der Waals surface area contributed by atoms with Gasteiger partial charge in [-0.2, -0.15) is 0 Å². The maximum absolute atomic E-state index is 11.9. The summed E-state index contributed by atoms with van der Waals surface area (Å²) in [7, 11) is 0. The third-order valence-electron chi connectivity index (χ3n) is 2.66. The van der Waals surface area contributed by atoms with E-state index in [1.165, 1.54) is 6.07 Å². The standard InChI is InChI=1S/C12H15Br2NO2/c1-7(6-13)8(2)15-12(17)9-3-4-10(14)11(16)5-9/h3-5,7-8,16H,6H2,1-2H3,(H,15,17). The van der Waals surface area contributed by atoms with Crippen LogP contribution in [0.1, 0.15) is 24.2 Å². The molecule has 2 N–H and O–H groups in total. The summed E-state index contributed by atoms with van der Waals surface area (Å²) >= 11 is 6.56. The van der Waals surface area contributed by atoms with Crippen LogP contribution in [0.3, 0.4) is 0 Å². The minimum absolute atomic E-state index is 0.0684. The molecule has 0 bridgehead atoms. The molecular weight excluding hydrogens is 350 g/mol. The monoisotopic (exact) mass is 363 g/mol. The van der Waals surface area contributed by atoms with Gasteiger partial charge in [-0.1, -0.05) is 22.9 Å². The molecule has 0 aliphatic carbocycles. The lowest BCUT2D eigenvalue weighted by atomic mass is 10.1. The molecule has 0 aromatic heterocycles. The molecule has 0 spiro atoms. The lowest BCUT2D eigenvalue weighted by molar-refractivity contribution is 0.0930. The fraction of sp³-hybridized carbons (Fsp3) is 0.417. The van der Waals surface area contributed by atoms with Crippen LogP contribution in [0.5, 0.6) is 5.75 Å². The van der Waals surface area contributed by atoms with E-state index < -0.39 is 0 Å². The second-order valence-electron chi connectivity index (χ2n) is 4.06. The van der Waals surface area contributed by atoms with Gasteiger partial charge in [0, 0.05) is 16.9 Å². The number of nitrogens with one attached hydrogen (secondary N) is 1. The van der Waals surface area contributed by atoms with Gasteiger partial charge in [-0.25, -0.2) is 0 Å². The van der Waals surface area contributed by atoms with Crippen molar-refractivity contribution in [2.75, 3.05) is 5.33 Å². The fourth-order valence-electron chi connectivity index (χ4n) is 1.22. The van der Waals surface area contributed by atoms with Crippen LogP contribution in [0.2, 0.25) is 0 Å². The second kappa shape index (κ2) is 6.40. The average molecular weight is 365 g/mol. The summed E-state index contributed by atoms with van der Waals surface area (Å²) in [5.41, 5.74) is 0.458. The Morgan fingerprint density at radius 2 is 2.12 bits per heavy atom. The number of alkyl halides is 1. The van der Waals surface area contributed by atoms with Crippen molar-refractivity contribution in [2.24, 2.45) is 5.92 Å². The Kier molecular flexibility index (Phi) is 5.46. The SMILES string of the molecule is CC(CBr)C(C)NC(=O)c1ccc(Br)c(O)c1. The zero-order chi connectivity index (χ0) is 13.0. The van der Waals surface area contributed by atoms with Gasteiger partial charge in [-0.3, -0.25) is 4.79 Å². The third kappa shape index (κ3) is 4.00. The molecule has 0 fully saturated rings. The molecule has 17 heavy (non-hydrogen) atoms. The topological polar surface area (TPSA) is 49.3 Å². The first-order chi connectivity index (χ1) is 7.95. The third-order valence-corrected chi connectivity index (χ3v) is 4.36. The van der Waals surface area contributed by atoms with E-state index in [2.05, 4.69) is 44.1 Å². The predicted molar refractivity (Wildman–Crippen MR) is 75.7 cm³/mol. The number of phenolic OH excluding ortho intramolecular Hbond substituents is 1. The molecule has 0 heterocycles. The van der Waals surface area contributed by atoms with Gasteiger partial charge in [0.05, 0.1) is 4.47 Å². The minimum atomic E-state index is -0.173. The molecule has 3 nitrogen and oxygen atoms in total. The average Bonchev–Trinajstić information content (AvgIpc) is 2.31. The Balaban J connectivity index is 2.73. The van der Waals surface area contributed by atoms with E-state index in [1.54, 1.807) is 12.1 Å². The number of carbonyl (C=O) groups excluding carboxylic acids is 1. The lowest BCUT2D eigenvalue weighted by Gasteiger charge is -2.19. The number of hydrogen-bond donors (Lipinski definition) is 2. The molecule has 1 rings (SSSR count). The van der Waals surface area contributed by atoms with Crippen molar-refractivity contribution in [2.45, 2.75) is 19.9 Å². The van der Waals surface area contributed by atoms with Crippen LogP contribution >= 0.6 is 31.9 Å². The lowest BCUT2D eigenvalue weighted by Crippen LogP contribution is -2.37. The normalized spacial score (nSPS) is 14.1. The van der Waals surface area contributed by atoms with E-state index in [1.807, 2.05) is 6.92 Å². The first kappa shape index (κ1) is 14.5. The number of rotatable bonds is 4. The fourth-order valence-corrected chi connectivity index (χ4v) is 2.03. The van der Waals surface area contributed by atoms with E-state index >= 15 is 0 Å². The first-order valence-corrected chi connectivity index (χ1v) is 7.22. The highest BCUT2D eigenvalue weighted by atomic mass is 79.9. The molecular formula is C12H15Br2NO2. The van der Waals surface area contributed by atoms with Crippen molar-refractivity contribution in [3.05, 3.63) is 28.2 Å². The van der Waals surface area contributed by atoms with E-state index in [0.29, 0.717) is 16.0 Å². The molecule has 94 valence electrons. The summed E-state index contributed by atoms with van der Waals surface area (Å²) in [5.74, 6) is 0.245. The van der Waals surface area contributed by atoms with Crippen LogP contribution in [0.25, 0.3) is 0 Å². The van der Waals surface area contributed by atoms with E-state index in [-0.39, 0.29) is 17.7 Å². The summed E-state index contributed by atoms with van der Waals surface area (Å²) in [6.45, 7) is 4.02. The summed E-state index contributed by atoms with van der Waals surface area (Å²) in [6, 6.07) is 4.85. The van der Waals surface area contributed by atoms with Crippen LogP contribution in [0, 0.1) is 5.92 Å². The summed E-state index contributed by atoms with van der Waals surface area (Å²) in [5, 5.41) is 13.2. The first-order valence-electron chi connectivity index (χ1n) is 5.31. The van der Waals surface area contributed by atoms with Crippen molar-refractivity contribution < 1.29 is 9.90 Å². The largest absolute Gasteiger partial charge is 0.507 e. The Morgan fingerprint density at radius 3 is 2.65 bits per heavy atom. The zero-order valence-electron chi connectivity index (χ0n) is 9.71. The van der Waals surface area contributed by atoms with Gasteiger partial charge in [0.15, 0.2) is 0 Å². The van der Waals surface area contributed by atoms with Crippen LogP contribution < -0.4 is 5.32 Å². The molecule has 2 atom stereocenters. The molecule has 0 saturated carbocycles. The Morgan fingerprint density at radius 1 is 1.47 bits per heavy atom. The van der Waals surface area contributed by atoms with E-state index in [0.717, 1.165) is 5.33 Å². The van der Waals surface area contributed by atoms with Crippen molar-refractivity contribution in [1.29, 1.82) is 0 Å². The number of amides is 1. The molecule has 1 aromatic rings. The van der Waals surface area contributed by atoms with Crippen LogP contribution in [0.15, 0.2) is 22.7 Å². The highest BCUT2D eigenvalue weighted by Gasteiger charge is 2.15. The van der Waals surface area contributed by atoms with Crippen LogP contribution in [-0.2, 0) is 0 Å². The molecule has 1 aromatic carbocycles. The van der Waals surface area contributed by atoms with Gasteiger partial charge in [0.25, 0.3) is 5.91 Å². The van der Waals surface area contributed by atoms with Gasteiger partial charge in [0.1, 0.15) is 5.75 Å². The smallest absolute Gasteiger partial charge is 0.251 e. The summed E-state index contributed by atoms with van der Waals surface area (Å²) in [6.07, 6.45) is 0. The Hall–Kier alpha value is -0.550. The van der Waals surface area contributed by atoms with Crippen molar-refractivity contribution >= 4 is 37.8 Å². The van der Waals surface area contributed by atoms with Crippen molar-refractivity contribution in [3.63, 3.8) is 0 Å². The number of carbonyl (C=O) groups is 1. The van der Waals surface area contributed by atoms with Crippen LogP contribution in [0.4, 0.5) is 0 Å². The molecule has 1 amide bonds. The molecule has 0 aliphatic rings. The predicted octanol–water partition coefficient (Wildman–Crippen LogP) is 3.30. The Labute approximate surface area is 118 Å². The number of phenols is 1. The van der Waals surface area contributed by atoms with E-state index in [4.69, 9.17) is 0 Å². The van der Waals surface area contributed by atoms with Gasteiger partial charge < -0.3 is 10.4 Å². The molecule has 0 aliphatic heterocycles. The maximum atomic E-state index is 11.9. The number of benzene rings is 1.